The molecule has 5 nitrogen and oxygen atoms in total. The molecule has 27 heavy (non-hydrogen) atoms. The summed E-state index contributed by atoms with van der Waals surface area (Å²) in [4.78, 5) is 24.9. The molecule has 1 amide bonds. The summed E-state index contributed by atoms with van der Waals surface area (Å²) in [6.07, 6.45) is 4.98. The predicted octanol–water partition coefficient (Wildman–Crippen LogP) is 3.23. The van der Waals surface area contributed by atoms with Crippen molar-refractivity contribution >= 4 is 16.9 Å². The summed E-state index contributed by atoms with van der Waals surface area (Å²) >= 11 is 0. The largest absolute Gasteiger partial charge is 0.337 e. The van der Waals surface area contributed by atoms with Crippen molar-refractivity contribution in [2.75, 3.05) is 19.6 Å². The average molecular weight is 360 g/mol. The predicted molar refractivity (Wildman–Crippen MR) is 106 cm³/mol. The van der Waals surface area contributed by atoms with Gasteiger partial charge in [0.2, 0.25) is 0 Å². The molecule has 0 aliphatic carbocycles. The summed E-state index contributed by atoms with van der Waals surface area (Å²) in [5, 5.41) is 0.989. The Morgan fingerprint density at radius 1 is 1.04 bits per heavy atom. The number of H-pyrrole nitrogens is 1. The normalized spacial score (nSPS) is 18.6. The number of fused-ring (bicyclic) bond motifs is 2. The molecule has 2 aliphatic rings. The highest BCUT2D eigenvalue weighted by Crippen LogP contribution is 2.25. The van der Waals surface area contributed by atoms with Gasteiger partial charge in [-0.2, -0.15) is 0 Å². The molecule has 1 saturated heterocycles. The van der Waals surface area contributed by atoms with Crippen molar-refractivity contribution in [3.05, 3.63) is 65.5 Å². The third-order valence-electron chi connectivity index (χ3n) is 6.05. The van der Waals surface area contributed by atoms with E-state index in [0.29, 0.717) is 11.7 Å². The van der Waals surface area contributed by atoms with Gasteiger partial charge >= 0.3 is 0 Å². The lowest BCUT2D eigenvalue weighted by Gasteiger charge is -2.40. The Morgan fingerprint density at radius 3 is 2.67 bits per heavy atom. The molecule has 2 aliphatic heterocycles. The quantitative estimate of drug-likeness (QED) is 0.763. The van der Waals surface area contributed by atoms with Gasteiger partial charge in [-0.25, -0.2) is 4.98 Å². The van der Waals surface area contributed by atoms with Crippen LogP contribution in [0.3, 0.4) is 0 Å². The molecule has 5 heteroatoms. The monoisotopic (exact) mass is 360 g/mol. The van der Waals surface area contributed by atoms with Gasteiger partial charge in [0.05, 0.1) is 0 Å². The van der Waals surface area contributed by atoms with E-state index < -0.39 is 0 Å². The molecule has 0 bridgehead atoms. The second-order valence-corrected chi connectivity index (χ2v) is 7.64. The Labute approximate surface area is 159 Å². The number of piperidine rings is 1. The fourth-order valence-electron chi connectivity index (χ4n) is 4.51. The van der Waals surface area contributed by atoms with Crippen LogP contribution in [0.1, 0.15) is 34.5 Å². The number of hydrogen-bond acceptors (Lipinski definition) is 3. The number of aromatic amines is 1. The highest BCUT2D eigenvalue weighted by atomic mass is 16.2. The van der Waals surface area contributed by atoms with Crippen molar-refractivity contribution in [1.29, 1.82) is 0 Å². The summed E-state index contributed by atoms with van der Waals surface area (Å²) in [6.45, 7) is 3.82. The number of amides is 1. The molecule has 0 spiro atoms. The van der Waals surface area contributed by atoms with E-state index in [4.69, 9.17) is 0 Å². The summed E-state index contributed by atoms with van der Waals surface area (Å²) in [6, 6.07) is 15.2. The lowest BCUT2D eigenvalue weighted by atomic mass is 9.95. The Hall–Kier alpha value is -2.66. The van der Waals surface area contributed by atoms with Crippen LogP contribution in [-0.4, -0.2) is 51.4 Å². The van der Waals surface area contributed by atoms with Crippen LogP contribution < -0.4 is 0 Å². The minimum Gasteiger partial charge on any atom is -0.337 e. The number of aromatic nitrogens is 2. The maximum Gasteiger partial charge on any atom is 0.270 e. The smallest absolute Gasteiger partial charge is 0.270 e. The lowest BCUT2D eigenvalue weighted by Crippen LogP contribution is -2.48. The standard InChI is InChI=1S/C22H24N4O/c27-22(20-14-17-6-3-10-23-21(17)24-20)25-12-8-19(9-13-25)26-11-7-16-4-1-2-5-18(16)15-26/h1-6,10,14,19H,7-9,11-13,15H2,(H,23,24). The van der Waals surface area contributed by atoms with Crippen LogP contribution in [0.15, 0.2) is 48.7 Å². The van der Waals surface area contributed by atoms with Crippen LogP contribution in [0.4, 0.5) is 0 Å². The van der Waals surface area contributed by atoms with Gasteiger partial charge in [0.25, 0.3) is 5.91 Å². The lowest BCUT2D eigenvalue weighted by molar-refractivity contribution is 0.0595. The van der Waals surface area contributed by atoms with Crippen LogP contribution in [0.5, 0.6) is 0 Å². The van der Waals surface area contributed by atoms with E-state index in [1.54, 1.807) is 6.20 Å². The third-order valence-corrected chi connectivity index (χ3v) is 6.05. The fraction of sp³-hybridized carbons (Fsp3) is 0.364. The minimum absolute atomic E-state index is 0.0930. The number of hydrogen-bond donors (Lipinski definition) is 1. The van der Waals surface area contributed by atoms with E-state index in [-0.39, 0.29) is 5.91 Å². The first-order chi connectivity index (χ1) is 13.3. The molecule has 0 atom stereocenters. The Morgan fingerprint density at radius 2 is 1.85 bits per heavy atom. The molecule has 1 aromatic carbocycles. The molecule has 0 unspecified atom stereocenters. The second kappa shape index (κ2) is 6.82. The van der Waals surface area contributed by atoms with Crippen LogP contribution in [0.25, 0.3) is 11.0 Å². The molecule has 1 N–H and O–H groups in total. The van der Waals surface area contributed by atoms with E-state index >= 15 is 0 Å². The van der Waals surface area contributed by atoms with E-state index in [0.717, 1.165) is 56.5 Å². The summed E-state index contributed by atoms with van der Waals surface area (Å²) in [5.74, 6) is 0.0930. The van der Waals surface area contributed by atoms with Gasteiger partial charge < -0.3 is 9.88 Å². The highest BCUT2D eigenvalue weighted by molar-refractivity contribution is 5.97. The zero-order chi connectivity index (χ0) is 18.2. The summed E-state index contributed by atoms with van der Waals surface area (Å²) in [7, 11) is 0. The molecule has 138 valence electrons. The zero-order valence-corrected chi connectivity index (χ0v) is 15.4. The van der Waals surface area contributed by atoms with Crippen molar-refractivity contribution in [3.63, 3.8) is 0 Å². The summed E-state index contributed by atoms with van der Waals surface area (Å²) in [5.41, 5.74) is 4.39. The van der Waals surface area contributed by atoms with E-state index in [1.165, 1.54) is 11.1 Å². The number of rotatable bonds is 2. The highest BCUT2D eigenvalue weighted by Gasteiger charge is 2.29. The van der Waals surface area contributed by atoms with Crippen LogP contribution in [0, 0.1) is 0 Å². The Kier molecular flexibility index (Phi) is 4.17. The van der Waals surface area contributed by atoms with Gasteiger partial charge in [0.15, 0.2) is 0 Å². The Balaban J connectivity index is 1.23. The molecule has 0 radical (unpaired) electrons. The van der Waals surface area contributed by atoms with Gasteiger partial charge in [-0.1, -0.05) is 24.3 Å². The van der Waals surface area contributed by atoms with Gasteiger partial charge in [0.1, 0.15) is 11.3 Å². The first kappa shape index (κ1) is 16.5. The van der Waals surface area contributed by atoms with Gasteiger partial charge in [0, 0.05) is 43.8 Å². The van der Waals surface area contributed by atoms with E-state index in [2.05, 4.69) is 39.1 Å². The van der Waals surface area contributed by atoms with Crippen molar-refractivity contribution < 1.29 is 4.79 Å². The maximum atomic E-state index is 12.9. The van der Waals surface area contributed by atoms with Crippen molar-refractivity contribution in [2.45, 2.75) is 31.8 Å². The van der Waals surface area contributed by atoms with E-state index in [1.807, 2.05) is 23.1 Å². The number of pyridine rings is 1. The van der Waals surface area contributed by atoms with Gasteiger partial charge in [-0.05, 0) is 48.6 Å². The van der Waals surface area contributed by atoms with Crippen LogP contribution in [-0.2, 0) is 13.0 Å². The first-order valence-corrected chi connectivity index (χ1v) is 9.82. The minimum atomic E-state index is 0.0930. The Bertz CT molecular complexity index is 938. The van der Waals surface area contributed by atoms with Crippen molar-refractivity contribution in [3.8, 4) is 0 Å². The molecule has 2 aromatic heterocycles. The van der Waals surface area contributed by atoms with Crippen molar-refractivity contribution in [1.82, 2.24) is 19.8 Å². The first-order valence-electron chi connectivity index (χ1n) is 9.82. The molecule has 3 aromatic rings. The number of likely N-dealkylation sites (tertiary alicyclic amines) is 1. The topological polar surface area (TPSA) is 52.2 Å². The van der Waals surface area contributed by atoms with Gasteiger partial charge in [-0.15, -0.1) is 0 Å². The van der Waals surface area contributed by atoms with Crippen LogP contribution >= 0.6 is 0 Å². The van der Waals surface area contributed by atoms with Crippen molar-refractivity contribution in [2.24, 2.45) is 0 Å². The van der Waals surface area contributed by atoms with Gasteiger partial charge in [-0.3, -0.25) is 9.69 Å². The summed E-state index contributed by atoms with van der Waals surface area (Å²) < 4.78 is 0. The third kappa shape index (κ3) is 3.12. The average Bonchev–Trinajstić information content (AvgIpc) is 3.17. The zero-order valence-electron chi connectivity index (χ0n) is 15.4. The number of carbonyl (C=O) groups excluding carboxylic acids is 1. The second-order valence-electron chi connectivity index (χ2n) is 7.64. The number of nitrogens with one attached hydrogen (secondary N) is 1. The van der Waals surface area contributed by atoms with E-state index in [9.17, 15) is 4.79 Å². The van der Waals surface area contributed by atoms with Crippen LogP contribution in [0.2, 0.25) is 0 Å². The molecule has 1 fully saturated rings. The number of benzene rings is 1. The molecule has 0 saturated carbocycles. The molecule has 5 rings (SSSR count). The number of carbonyl (C=O) groups is 1. The maximum absolute atomic E-state index is 12.9. The molecular weight excluding hydrogens is 336 g/mol. The molecule has 4 heterocycles. The number of nitrogens with zero attached hydrogens (tertiary/aromatic N) is 3. The SMILES string of the molecule is O=C(c1cc2cccnc2[nH]1)N1CCC(N2CCc3ccccc3C2)CC1. The fourth-order valence-corrected chi connectivity index (χ4v) is 4.51. The molecular formula is C22H24N4O.